The molecule has 1 heterocycles. The molecule has 0 atom stereocenters. The van der Waals surface area contributed by atoms with Crippen LogP contribution < -0.4 is 4.74 Å². The van der Waals surface area contributed by atoms with Gasteiger partial charge in [-0.25, -0.2) is 4.99 Å². The first-order valence-corrected chi connectivity index (χ1v) is 9.52. The standard InChI is InChI=1S/C21H22N2O2S/c1-4-23-20(24)19(14-16-10-8-11-17(13-16)25-5-2)26-21(23)22-18-12-7-6-9-15(18)3/h6-14H,4-5H2,1-3H3/b19-14+,22-21?. The van der Waals surface area contributed by atoms with E-state index in [4.69, 9.17) is 9.73 Å². The number of ether oxygens (including phenoxy) is 1. The number of aliphatic imine (C=N–C) groups is 1. The van der Waals surface area contributed by atoms with E-state index in [0.717, 1.165) is 27.7 Å². The quantitative estimate of drug-likeness (QED) is 0.698. The third-order valence-electron chi connectivity index (χ3n) is 4.00. The maximum Gasteiger partial charge on any atom is 0.266 e. The average molecular weight is 366 g/mol. The molecule has 5 heteroatoms. The number of nitrogens with zero attached hydrogens (tertiary/aromatic N) is 2. The van der Waals surface area contributed by atoms with Crippen LogP contribution in [0.3, 0.4) is 0 Å². The molecule has 2 aromatic carbocycles. The number of thioether (sulfide) groups is 1. The van der Waals surface area contributed by atoms with E-state index >= 15 is 0 Å². The first kappa shape index (κ1) is 18.3. The number of benzene rings is 2. The predicted octanol–water partition coefficient (Wildman–Crippen LogP) is 5.02. The zero-order valence-electron chi connectivity index (χ0n) is 15.2. The molecule has 0 spiro atoms. The predicted molar refractivity (Wildman–Crippen MR) is 109 cm³/mol. The first-order chi connectivity index (χ1) is 12.6. The highest BCUT2D eigenvalue weighted by molar-refractivity contribution is 8.18. The highest BCUT2D eigenvalue weighted by Crippen LogP contribution is 2.34. The van der Waals surface area contributed by atoms with Crippen LogP contribution in [-0.4, -0.2) is 29.1 Å². The number of rotatable bonds is 5. The molecule has 0 saturated carbocycles. The Morgan fingerprint density at radius 3 is 2.69 bits per heavy atom. The molecule has 4 nitrogen and oxygen atoms in total. The van der Waals surface area contributed by atoms with Crippen LogP contribution in [-0.2, 0) is 4.79 Å². The second-order valence-electron chi connectivity index (χ2n) is 5.85. The lowest BCUT2D eigenvalue weighted by atomic mass is 10.2. The zero-order valence-corrected chi connectivity index (χ0v) is 16.0. The topological polar surface area (TPSA) is 41.9 Å². The van der Waals surface area contributed by atoms with Crippen molar-refractivity contribution in [3.63, 3.8) is 0 Å². The average Bonchev–Trinajstić information content (AvgIpc) is 2.92. The molecule has 134 valence electrons. The molecule has 0 unspecified atom stereocenters. The van der Waals surface area contributed by atoms with Gasteiger partial charge in [-0.2, -0.15) is 0 Å². The van der Waals surface area contributed by atoms with Gasteiger partial charge in [0.05, 0.1) is 17.2 Å². The molecule has 0 radical (unpaired) electrons. The Bertz CT molecular complexity index is 874. The van der Waals surface area contributed by atoms with E-state index in [2.05, 4.69) is 0 Å². The molecule has 1 aliphatic heterocycles. The maximum atomic E-state index is 12.8. The Morgan fingerprint density at radius 1 is 1.15 bits per heavy atom. The molecule has 0 bridgehead atoms. The summed E-state index contributed by atoms with van der Waals surface area (Å²) < 4.78 is 5.54. The van der Waals surface area contributed by atoms with E-state index < -0.39 is 0 Å². The van der Waals surface area contributed by atoms with Gasteiger partial charge in [-0.05, 0) is 67.9 Å². The lowest BCUT2D eigenvalue weighted by molar-refractivity contribution is -0.122. The second-order valence-corrected chi connectivity index (χ2v) is 6.86. The lowest BCUT2D eigenvalue weighted by Crippen LogP contribution is -2.28. The summed E-state index contributed by atoms with van der Waals surface area (Å²) in [5, 5.41) is 0.721. The lowest BCUT2D eigenvalue weighted by Gasteiger charge is -2.12. The third-order valence-corrected chi connectivity index (χ3v) is 5.01. The molecule has 26 heavy (non-hydrogen) atoms. The van der Waals surface area contributed by atoms with E-state index in [-0.39, 0.29) is 5.91 Å². The van der Waals surface area contributed by atoms with Gasteiger partial charge < -0.3 is 4.74 Å². The number of carbonyl (C=O) groups excluding carboxylic acids is 1. The Balaban J connectivity index is 1.92. The molecule has 3 rings (SSSR count). The van der Waals surface area contributed by atoms with Crippen LogP contribution >= 0.6 is 11.8 Å². The molecule has 1 amide bonds. The van der Waals surface area contributed by atoms with Crippen molar-refractivity contribution < 1.29 is 9.53 Å². The number of aryl methyl sites for hydroxylation is 1. The zero-order chi connectivity index (χ0) is 18.5. The van der Waals surface area contributed by atoms with Gasteiger partial charge in [-0.1, -0.05) is 30.3 Å². The van der Waals surface area contributed by atoms with Gasteiger partial charge >= 0.3 is 0 Å². The number of amidine groups is 1. The minimum atomic E-state index is -0.00773. The summed E-state index contributed by atoms with van der Waals surface area (Å²) in [6.07, 6.45) is 1.90. The van der Waals surface area contributed by atoms with Crippen LogP contribution in [0, 0.1) is 6.92 Å². The van der Waals surface area contributed by atoms with Crippen molar-refractivity contribution in [3.05, 3.63) is 64.6 Å². The van der Waals surface area contributed by atoms with Crippen molar-refractivity contribution in [2.75, 3.05) is 13.2 Å². The molecule has 1 aliphatic rings. The first-order valence-electron chi connectivity index (χ1n) is 8.71. The van der Waals surface area contributed by atoms with Crippen molar-refractivity contribution >= 4 is 34.6 Å². The highest BCUT2D eigenvalue weighted by atomic mass is 32.2. The van der Waals surface area contributed by atoms with Crippen LogP contribution in [0.25, 0.3) is 6.08 Å². The largest absolute Gasteiger partial charge is 0.494 e. The summed E-state index contributed by atoms with van der Waals surface area (Å²) in [4.78, 5) is 19.9. The molecule has 0 N–H and O–H groups in total. The Labute approximate surface area is 158 Å². The SMILES string of the molecule is CCOc1cccc(/C=C2/SC(=Nc3ccccc3C)N(CC)C2=O)c1. The number of para-hydroxylation sites is 1. The van der Waals surface area contributed by atoms with E-state index in [9.17, 15) is 4.79 Å². The molecular formula is C21H22N2O2S. The second kappa shape index (κ2) is 8.23. The van der Waals surface area contributed by atoms with Gasteiger partial charge in [0.2, 0.25) is 0 Å². The third kappa shape index (κ3) is 3.99. The number of amides is 1. The van der Waals surface area contributed by atoms with Gasteiger partial charge in [-0.15, -0.1) is 0 Å². The Morgan fingerprint density at radius 2 is 1.96 bits per heavy atom. The van der Waals surface area contributed by atoms with Crippen LogP contribution in [0.15, 0.2) is 58.4 Å². The van der Waals surface area contributed by atoms with Crippen molar-refractivity contribution in [1.82, 2.24) is 4.90 Å². The van der Waals surface area contributed by atoms with Gasteiger partial charge in [0.15, 0.2) is 5.17 Å². The van der Waals surface area contributed by atoms with Crippen molar-refractivity contribution in [1.29, 1.82) is 0 Å². The van der Waals surface area contributed by atoms with Crippen molar-refractivity contribution in [2.24, 2.45) is 4.99 Å². The van der Waals surface area contributed by atoms with Crippen LogP contribution in [0.2, 0.25) is 0 Å². The van der Waals surface area contributed by atoms with Crippen LogP contribution in [0.1, 0.15) is 25.0 Å². The van der Waals surface area contributed by atoms with Gasteiger partial charge in [0.1, 0.15) is 5.75 Å². The fourth-order valence-electron chi connectivity index (χ4n) is 2.67. The van der Waals surface area contributed by atoms with E-state index in [1.807, 2.05) is 75.4 Å². The van der Waals surface area contributed by atoms with Crippen molar-refractivity contribution in [2.45, 2.75) is 20.8 Å². The fraction of sp³-hybridized carbons (Fsp3) is 0.238. The van der Waals surface area contributed by atoms with Crippen LogP contribution in [0.4, 0.5) is 5.69 Å². The van der Waals surface area contributed by atoms with E-state index in [1.165, 1.54) is 11.8 Å². The Hall–Kier alpha value is -2.53. The summed E-state index contributed by atoms with van der Waals surface area (Å²) in [5.74, 6) is 0.796. The summed E-state index contributed by atoms with van der Waals surface area (Å²) in [5.41, 5.74) is 2.92. The highest BCUT2D eigenvalue weighted by Gasteiger charge is 2.32. The summed E-state index contributed by atoms with van der Waals surface area (Å²) >= 11 is 1.42. The number of hydrogen-bond acceptors (Lipinski definition) is 4. The Kier molecular flexibility index (Phi) is 5.78. The molecular weight excluding hydrogens is 344 g/mol. The maximum absolute atomic E-state index is 12.8. The van der Waals surface area contributed by atoms with Crippen LogP contribution in [0.5, 0.6) is 5.75 Å². The number of likely N-dealkylation sites (N-methyl/N-ethyl adjacent to an activating group) is 1. The molecule has 0 aliphatic carbocycles. The molecule has 1 saturated heterocycles. The number of carbonyl (C=O) groups is 1. The van der Waals surface area contributed by atoms with Gasteiger partial charge in [0.25, 0.3) is 5.91 Å². The molecule has 0 aromatic heterocycles. The minimum absolute atomic E-state index is 0.00773. The molecule has 2 aromatic rings. The van der Waals surface area contributed by atoms with Gasteiger partial charge in [-0.3, -0.25) is 9.69 Å². The summed E-state index contributed by atoms with van der Waals surface area (Å²) in [6, 6.07) is 15.7. The summed E-state index contributed by atoms with van der Waals surface area (Å²) in [6.45, 7) is 7.14. The number of hydrogen-bond donors (Lipinski definition) is 0. The van der Waals surface area contributed by atoms with E-state index in [1.54, 1.807) is 4.90 Å². The van der Waals surface area contributed by atoms with Gasteiger partial charge in [0, 0.05) is 6.54 Å². The normalized spacial score (nSPS) is 17.3. The minimum Gasteiger partial charge on any atom is -0.494 e. The van der Waals surface area contributed by atoms with E-state index in [0.29, 0.717) is 18.1 Å². The smallest absolute Gasteiger partial charge is 0.266 e. The monoisotopic (exact) mass is 366 g/mol. The summed E-state index contributed by atoms with van der Waals surface area (Å²) in [7, 11) is 0. The molecule has 1 fully saturated rings. The fourth-order valence-corrected chi connectivity index (χ4v) is 3.73. The van der Waals surface area contributed by atoms with Crippen molar-refractivity contribution in [3.8, 4) is 5.75 Å².